The van der Waals surface area contributed by atoms with Gasteiger partial charge in [0.2, 0.25) is 0 Å². The van der Waals surface area contributed by atoms with Crippen molar-refractivity contribution in [3.8, 4) is 28.5 Å². The summed E-state index contributed by atoms with van der Waals surface area (Å²) < 4.78 is 2.04. The lowest BCUT2D eigenvalue weighted by molar-refractivity contribution is 1.07. The van der Waals surface area contributed by atoms with Crippen LogP contribution in [0.25, 0.3) is 28.5 Å². The van der Waals surface area contributed by atoms with E-state index in [1.807, 2.05) is 83.4 Å². The molecule has 0 aliphatic heterocycles. The maximum atomic E-state index is 5.81. The molecule has 0 saturated heterocycles. The molecular weight excluding hydrogens is 310 g/mol. The highest BCUT2D eigenvalue weighted by molar-refractivity contribution is 5.68. The highest BCUT2D eigenvalue weighted by Gasteiger charge is 2.16. The molecule has 25 heavy (non-hydrogen) atoms. The molecule has 0 unspecified atom stereocenters. The largest absolute Gasteiger partial charge is 0.399 e. The monoisotopic (exact) mass is 327 g/mol. The van der Waals surface area contributed by atoms with Crippen LogP contribution in [0.15, 0.2) is 78.9 Å². The van der Waals surface area contributed by atoms with Gasteiger partial charge >= 0.3 is 0 Å². The van der Waals surface area contributed by atoms with E-state index >= 15 is 0 Å². The van der Waals surface area contributed by atoms with Gasteiger partial charge in [-0.2, -0.15) is 0 Å². The lowest BCUT2D eigenvalue weighted by Gasteiger charge is -2.11. The maximum Gasteiger partial charge on any atom is 0.168 e. The van der Waals surface area contributed by atoms with Gasteiger partial charge in [0.1, 0.15) is 0 Å². The molecule has 3 aromatic carbocycles. The highest BCUT2D eigenvalue weighted by atomic mass is 15.3. The molecule has 0 radical (unpaired) electrons. The van der Waals surface area contributed by atoms with Crippen molar-refractivity contribution in [2.24, 2.45) is 0 Å². The molecule has 0 atom stereocenters. The lowest BCUT2D eigenvalue weighted by Crippen LogP contribution is -2.00. The molecular formula is C20H17N5. The van der Waals surface area contributed by atoms with E-state index in [-0.39, 0.29) is 0 Å². The van der Waals surface area contributed by atoms with Crippen molar-refractivity contribution in [1.29, 1.82) is 0 Å². The molecule has 0 aliphatic rings. The molecule has 4 aromatic rings. The first-order valence-electron chi connectivity index (χ1n) is 7.95. The number of nitrogens with two attached hydrogens (primary N) is 2. The summed E-state index contributed by atoms with van der Waals surface area (Å²) in [5, 5.41) is 8.86. The quantitative estimate of drug-likeness (QED) is 0.561. The molecule has 4 N–H and O–H groups in total. The maximum absolute atomic E-state index is 5.81. The zero-order valence-electron chi connectivity index (χ0n) is 13.5. The number of nitrogens with zero attached hydrogens (tertiary/aromatic N) is 3. The summed E-state index contributed by atoms with van der Waals surface area (Å²) in [5.74, 6) is 1.52. The lowest BCUT2D eigenvalue weighted by atomic mass is 10.1. The number of hydrogen-bond acceptors (Lipinski definition) is 4. The molecule has 122 valence electrons. The number of aromatic nitrogens is 3. The second-order valence-corrected chi connectivity index (χ2v) is 5.76. The third-order valence-corrected chi connectivity index (χ3v) is 4.02. The van der Waals surface area contributed by atoms with Gasteiger partial charge in [-0.1, -0.05) is 18.2 Å². The number of hydrogen-bond donors (Lipinski definition) is 2. The first-order valence-corrected chi connectivity index (χ1v) is 7.95. The minimum absolute atomic E-state index is 0.716. The topological polar surface area (TPSA) is 82.8 Å². The molecule has 0 aliphatic carbocycles. The van der Waals surface area contributed by atoms with E-state index < -0.39 is 0 Å². The first kappa shape index (κ1) is 15.0. The minimum atomic E-state index is 0.716. The Labute approximate surface area is 145 Å². The van der Waals surface area contributed by atoms with Gasteiger partial charge in [-0.3, -0.25) is 4.57 Å². The summed E-state index contributed by atoms with van der Waals surface area (Å²) in [6, 6.07) is 25.3. The predicted octanol–water partition coefficient (Wildman–Crippen LogP) is 3.77. The van der Waals surface area contributed by atoms with E-state index in [0.29, 0.717) is 11.4 Å². The summed E-state index contributed by atoms with van der Waals surface area (Å²) in [4.78, 5) is 0. The zero-order chi connectivity index (χ0) is 17.2. The molecule has 1 aromatic heterocycles. The molecule has 0 spiro atoms. The fourth-order valence-electron chi connectivity index (χ4n) is 2.74. The van der Waals surface area contributed by atoms with E-state index in [0.717, 1.165) is 28.5 Å². The Bertz CT molecular complexity index is 924. The van der Waals surface area contributed by atoms with Gasteiger partial charge in [0.25, 0.3) is 0 Å². The predicted molar refractivity (Wildman–Crippen MR) is 101 cm³/mol. The van der Waals surface area contributed by atoms with Crippen LogP contribution in [0.5, 0.6) is 0 Å². The van der Waals surface area contributed by atoms with Crippen LogP contribution in [0.1, 0.15) is 0 Å². The fourth-order valence-corrected chi connectivity index (χ4v) is 2.74. The molecule has 4 rings (SSSR count). The van der Waals surface area contributed by atoms with Crippen LogP contribution in [0, 0.1) is 0 Å². The van der Waals surface area contributed by atoms with Crippen LogP contribution >= 0.6 is 0 Å². The van der Waals surface area contributed by atoms with Crippen LogP contribution in [0.3, 0.4) is 0 Å². The third-order valence-electron chi connectivity index (χ3n) is 4.02. The van der Waals surface area contributed by atoms with Crippen LogP contribution < -0.4 is 11.5 Å². The number of rotatable bonds is 3. The van der Waals surface area contributed by atoms with Gasteiger partial charge < -0.3 is 11.5 Å². The third kappa shape index (κ3) is 2.83. The number of nitrogen functional groups attached to an aromatic ring is 2. The van der Waals surface area contributed by atoms with Gasteiger partial charge in [0, 0.05) is 28.2 Å². The van der Waals surface area contributed by atoms with Gasteiger partial charge in [0.15, 0.2) is 11.6 Å². The SMILES string of the molecule is Nc1ccc(-c2nnc(-c3ccc(N)cc3)n2-c2ccccc2)cc1. The molecule has 5 nitrogen and oxygen atoms in total. The van der Waals surface area contributed by atoms with Crippen LogP contribution in [0.4, 0.5) is 11.4 Å². The molecule has 0 saturated carbocycles. The standard InChI is InChI=1S/C20H17N5/c21-16-10-6-14(7-11-16)19-23-24-20(15-8-12-17(22)13-9-15)25(19)18-4-2-1-3-5-18/h1-13H,21-22H2. The van der Waals surface area contributed by atoms with Crippen LogP contribution in [-0.2, 0) is 0 Å². The van der Waals surface area contributed by atoms with Gasteiger partial charge in [-0.05, 0) is 60.7 Å². The second-order valence-electron chi connectivity index (χ2n) is 5.76. The second kappa shape index (κ2) is 6.13. The average Bonchev–Trinajstić information content (AvgIpc) is 3.09. The Morgan fingerprint density at radius 2 is 1.00 bits per heavy atom. The zero-order valence-corrected chi connectivity index (χ0v) is 13.5. The van der Waals surface area contributed by atoms with Crippen molar-refractivity contribution in [3.05, 3.63) is 78.9 Å². The van der Waals surface area contributed by atoms with E-state index in [4.69, 9.17) is 11.5 Å². The van der Waals surface area contributed by atoms with E-state index in [1.54, 1.807) is 0 Å². The molecule has 1 heterocycles. The Morgan fingerprint density at radius 1 is 0.560 bits per heavy atom. The van der Waals surface area contributed by atoms with Crippen molar-refractivity contribution in [1.82, 2.24) is 14.8 Å². The number of para-hydroxylation sites is 1. The van der Waals surface area contributed by atoms with Crippen LogP contribution in [-0.4, -0.2) is 14.8 Å². The summed E-state index contributed by atoms with van der Waals surface area (Å²) >= 11 is 0. The van der Waals surface area contributed by atoms with Crippen molar-refractivity contribution >= 4 is 11.4 Å². The fraction of sp³-hybridized carbons (Fsp3) is 0. The Kier molecular flexibility index (Phi) is 3.67. The Balaban J connectivity index is 1.94. The normalized spacial score (nSPS) is 10.7. The highest BCUT2D eigenvalue weighted by Crippen LogP contribution is 2.29. The molecule has 0 amide bonds. The van der Waals surface area contributed by atoms with Crippen molar-refractivity contribution in [2.75, 3.05) is 11.5 Å². The molecule has 0 fully saturated rings. The summed E-state index contributed by atoms with van der Waals surface area (Å²) in [5.41, 5.74) is 15.9. The van der Waals surface area contributed by atoms with Gasteiger partial charge in [-0.25, -0.2) is 0 Å². The Hall–Kier alpha value is -3.60. The Morgan fingerprint density at radius 3 is 1.44 bits per heavy atom. The summed E-state index contributed by atoms with van der Waals surface area (Å²) in [7, 11) is 0. The van der Waals surface area contributed by atoms with E-state index in [1.165, 1.54) is 0 Å². The van der Waals surface area contributed by atoms with Crippen molar-refractivity contribution in [2.45, 2.75) is 0 Å². The van der Waals surface area contributed by atoms with E-state index in [2.05, 4.69) is 10.2 Å². The van der Waals surface area contributed by atoms with E-state index in [9.17, 15) is 0 Å². The molecule has 5 heteroatoms. The average molecular weight is 327 g/mol. The molecule has 0 bridgehead atoms. The van der Waals surface area contributed by atoms with Crippen molar-refractivity contribution < 1.29 is 0 Å². The van der Waals surface area contributed by atoms with Gasteiger partial charge in [-0.15, -0.1) is 10.2 Å². The van der Waals surface area contributed by atoms with Gasteiger partial charge in [0.05, 0.1) is 0 Å². The summed E-state index contributed by atoms with van der Waals surface area (Å²) in [6.07, 6.45) is 0. The number of anilines is 2. The smallest absolute Gasteiger partial charge is 0.168 e. The number of benzene rings is 3. The van der Waals surface area contributed by atoms with Crippen LogP contribution in [0.2, 0.25) is 0 Å². The minimum Gasteiger partial charge on any atom is -0.399 e. The summed E-state index contributed by atoms with van der Waals surface area (Å²) in [6.45, 7) is 0. The first-order chi connectivity index (χ1) is 12.2. The van der Waals surface area contributed by atoms with Crippen molar-refractivity contribution in [3.63, 3.8) is 0 Å².